The Morgan fingerprint density at radius 2 is 2.35 bits per heavy atom. The van der Waals surface area contributed by atoms with Gasteiger partial charge in [-0.3, -0.25) is 0 Å². The summed E-state index contributed by atoms with van der Waals surface area (Å²) < 4.78 is 5.72. The Labute approximate surface area is 107 Å². The zero-order chi connectivity index (χ0) is 11.4. The van der Waals surface area contributed by atoms with Crippen LogP contribution in [0.1, 0.15) is 25.3 Å². The van der Waals surface area contributed by atoms with Crippen molar-refractivity contribution in [3.05, 3.63) is 23.9 Å². The summed E-state index contributed by atoms with van der Waals surface area (Å²) in [5.74, 6) is 0.542. The maximum atomic E-state index is 8.76. The Bertz CT molecular complexity index is 397. The highest BCUT2D eigenvalue weighted by Gasteiger charge is 2.19. The molecule has 2 heterocycles. The molecular weight excluding hydrogens is 238 g/mol. The minimum absolute atomic E-state index is 0. The molecule has 2 atom stereocenters. The zero-order valence-corrected chi connectivity index (χ0v) is 10.5. The van der Waals surface area contributed by atoms with Crippen LogP contribution in [-0.4, -0.2) is 23.7 Å². The Morgan fingerprint density at radius 1 is 1.53 bits per heavy atom. The van der Waals surface area contributed by atoms with Crippen LogP contribution < -0.4 is 10.1 Å². The van der Waals surface area contributed by atoms with E-state index >= 15 is 0 Å². The predicted molar refractivity (Wildman–Crippen MR) is 67.3 cm³/mol. The molecule has 0 radical (unpaired) electrons. The van der Waals surface area contributed by atoms with E-state index in [0.717, 1.165) is 19.4 Å². The highest BCUT2D eigenvalue weighted by Crippen LogP contribution is 2.15. The predicted octanol–water partition coefficient (Wildman–Crippen LogP) is 1.89. The van der Waals surface area contributed by atoms with Gasteiger partial charge < -0.3 is 10.1 Å². The number of nitrogens with one attached hydrogen (secondary N) is 1. The molecule has 1 fully saturated rings. The van der Waals surface area contributed by atoms with E-state index in [1.54, 1.807) is 18.3 Å². The first-order valence-corrected chi connectivity index (χ1v) is 5.54. The van der Waals surface area contributed by atoms with Crippen molar-refractivity contribution >= 4 is 12.4 Å². The van der Waals surface area contributed by atoms with Gasteiger partial charge in [-0.2, -0.15) is 5.26 Å². The van der Waals surface area contributed by atoms with Gasteiger partial charge in [0.15, 0.2) is 0 Å². The molecule has 5 heteroatoms. The molecule has 4 nitrogen and oxygen atoms in total. The van der Waals surface area contributed by atoms with E-state index in [1.165, 1.54) is 0 Å². The fraction of sp³-hybridized carbons (Fsp3) is 0.500. The molecule has 0 aliphatic carbocycles. The summed E-state index contributed by atoms with van der Waals surface area (Å²) in [6, 6.07) is 6.00. The van der Waals surface area contributed by atoms with Gasteiger partial charge >= 0.3 is 0 Å². The summed E-state index contributed by atoms with van der Waals surface area (Å²) in [4.78, 5) is 4.10. The molecule has 1 aromatic rings. The van der Waals surface area contributed by atoms with Gasteiger partial charge in [0.05, 0.1) is 11.6 Å². The first kappa shape index (κ1) is 13.8. The monoisotopic (exact) mass is 253 g/mol. The molecule has 92 valence electrons. The van der Waals surface area contributed by atoms with Crippen molar-refractivity contribution in [2.24, 2.45) is 0 Å². The van der Waals surface area contributed by atoms with E-state index in [-0.39, 0.29) is 18.5 Å². The molecule has 0 aromatic carbocycles. The largest absolute Gasteiger partial charge is 0.473 e. The Kier molecular flexibility index (Phi) is 5.20. The van der Waals surface area contributed by atoms with Gasteiger partial charge in [0.1, 0.15) is 6.10 Å². The second-order valence-electron chi connectivity index (χ2n) is 4.12. The smallest absolute Gasteiger partial charge is 0.214 e. The van der Waals surface area contributed by atoms with E-state index in [0.29, 0.717) is 17.5 Å². The second-order valence-corrected chi connectivity index (χ2v) is 4.12. The van der Waals surface area contributed by atoms with Crippen LogP contribution in [0.25, 0.3) is 0 Å². The fourth-order valence-corrected chi connectivity index (χ4v) is 1.79. The van der Waals surface area contributed by atoms with E-state index in [2.05, 4.69) is 23.3 Å². The Balaban J connectivity index is 0.00000144. The van der Waals surface area contributed by atoms with Crippen molar-refractivity contribution in [1.29, 1.82) is 5.26 Å². The van der Waals surface area contributed by atoms with Gasteiger partial charge in [0, 0.05) is 24.8 Å². The number of rotatable bonds is 2. The van der Waals surface area contributed by atoms with Crippen LogP contribution in [0.5, 0.6) is 5.88 Å². The third-order valence-corrected chi connectivity index (χ3v) is 2.77. The van der Waals surface area contributed by atoms with Crippen LogP contribution in [0.2, 0.25) is 0 Å². The number of halogens is 1. The van der Waals surface area contributed by atoms with Gasteiger partial charge in [-0.1, -0.05) is 0 Å². The Morgan fingerprint density at radius 3 is 3.00 bits per heavy atom. The minimum atomic E-state index is 0. The number of ether oxygens (including phenoxy) is 1. The molecule has 17 heavy (non-hydrogen) atoms. The number of piperidine rings is 1. The van der Waals surface area contributed by atoms with Crippen molar-refractivity contribution in [1.82, 2.24) is 10.3 Å². The maximum absolute atomic E-state index is 8.76. The van der Waals surface area contributed by atoms with Crippen molar-refractivity contribution in [2.75, 3.05) is 6.54 Å². The topological polar surface area (TPSA) is 57.9 Å². The average molecular weight is 254 g/mol. The molecule has 1 N–H and O–H groups in total. The molecule has 1 aromatic heterocycles. The number of aromatic nitrogens is 1. The van der Waals surface area contributed by atoms with Crippen LogP contribution in [0.15, 0.2) is 18.3 Å². The van der Waals surface area contributed by atoms with Crippen LogP contribution in [0.3, 0.4) is 0 Å². The molecule has 1 saturated heterocycles. The number of hydrogen-bond acceptors (Lipinski definition) is 4. The van der Waals surface area contributed by atoms with Crippen LogP contribution in [-0.2, 0) is 0 Å². The van der Waals surface area contributed by atoms with E-state index in [9.17, 15) is 0 Å². The lowest BCUT2D eigenvalue weighted by Gasteiger charge is -2.27. The summed E-state index contributed by atoms with van der Waals surface area (Å²) in [7, 11) is 0. The molecule has 0 spiro atoms. The average Bonchev–Trinajstić information content (AvgIpc) is 2.32. The lowest BCUT2D eigenvalue weighted by molar-refractivity contribution is 0.147. The van der Waals surface area contributed by atoms with E-state index < -0.39 is 0 Å². The molecular formula is C12H16ClN3O. The van der Waals surface area contributed by atoms with Crippen molar-refractivity contribution in [3.8, 4) is 11.9 Å². The summed E-state index contributed by atoms with van der Waals surface area (Å²) in [6.45, 7) is 3.02. The van der Waals surface area contributed by atoms with Gasteiger partial charge in [0.2, 0.25) is 5.88 Å². The lowest BCUT2D eigenvalue weighted by atomic mass is 10.0. The SMILES string of the molecule is C[C@@H]1CC[C@@H](Oc2cc(C#N)ccn2)CN1.Cl. The van der Waals surface area contributed by atoms with Gasteiger partial charge in [-0.15, -0.1) is 12.4 Å². The molecule has 0 saturated carbocycles. The standard InChI is InChI=1S/C12H15N3O.ClH/c1-9-2-3-11(8-15-9)16-12-6-10(7-13)4-5-14-12;/h4-6,9,11,15H,2-3,8H2,1H3;1H/t9-,11-;/m1./s1. The normalized spacial score (nSPS) is 23.3. The van der Waals surface area contributed by atoms with E-state index in [1.807, 2.05) is 0 Å². The zero-order valence-electron chi connectivity index (χ0n) is 9.72. The molecule has 1 aliphatic heterocycles. The minimum Gasteiger partial charge on any atom is -0.473 e. The van der Waals surface area contributed by atoms with Crippen LogP contribution >= 0.6 is 12.4 Å². The highest BCUT2D eigenvalue weighted by molar-refractivity contribution is 5.85. The molecule has 0 unspecified atom stereocenters. The number of nitrogens with zero attached hydrogens (tertiary/aromatic N) is 2. The van der Waals surface area contributed by atoms with Gasteiger partial charge in [0.25, 0.3) is 0 Å². The van der Waals surface area contributed by atoms with Crippen molar-refractivity contribution in [3.63, 3.8) is 0 Å². The van der Waals surface area contributed by atoms with Crippen molar-refractivity contribution < 1.29 is 4.74 Å². The quantitative estimate of drug-likeness (QED) is 0.875. The van der Waals surface area contributed by atoms with Crippen LogP contribution in [0.4, 0.5) is 0 Å². The second kappa shape index (κ2) is 6.43. The summed E-state index contributed by atoms with van der Waals surface area (Å²) >= 11 is 0. The molecule has 2 rings (SSSR count). The summed E-state index contributed by atoms with van der Waals surface area (Å²) in [5.41, 5.74) is 0.585. The van der Waals surface area contributed by atoms with E-state index in [4.69, 9.17) is 10.00 Å². The first-order valence-electron chi connectivity index (χ1n) is 5.54. The highest BCUT2D eigenvalue weighted by atomic mass is 35.5. The summed E-state index contributed by atoms with van der Waals surface area (Å²) in [6.07, 6.45) is 3.92. The Hall–Kier alpha value is -1.31. The fourth-order valence-electron chi connectivity index (χ4n) is 1.79. The van der Waals surface area contributed by atoms with Gasteiger partial charge in [-0.05, 0) is 25.8 Å². The van der Waals surface area contributed by atoms with Crippen molar-refractivity contribution in [2.45, 2.75) is 31.9 Å². The lowest BCUT2D eigenvalue weighted by Crippen LogP contribution is -2.42. The third kappa shape index (κ3) is 3.88. The summed E-state index contributed by atoms with van der Waals surface area (Å²) in [5, 5.41) is 12.1. The first-order chi connectivity index (χ1) is 7.78. The number of hydrogen-bond donors (Lipinski definition) is 1. The third-order valence-electron chi connectivity index (χ3n) is 2.77. The number of nitriles is 1. The van der Waals surface area contributed by atoms with Crippen LogP contribution in [0, 0.1) is 11.3 Å². The molecule has 0 bridgehead atoms. The number of pyridine rings is 1. The van der Waals surface area contributed by atoms with Gasteiger partial charge in [-0.25, -0.2) is 4.98 Å². The maximum Gasteiger partial charge on any atom is 0.214 e. The molecule has 0 amide bonds. The molecule has 1 aliphatic rings.